The summed E-state index contributed by atoms with van der Waals surface area (Å²) in [4.78, 5) is 0. The molecule has 0 unspecified atom stereocenters. The molecule has 0 radical (unpaired) electrons. The zero-order valence-electron chi connectivity index (χ0n) is 10.0. The van der Waals surface area contributed by atoms with Crippen molar-refractivity contribution in [3.05, 3.63) is 0 Å². The highest BCUT2D eigenvalue weighted by Gasteiger charge is 1.98. The number of sulfonamides is 1. The topological polar surface area (TPSA) is 70.0 Å². The van der Waals surface area contributed by atoms with Crippen LogP contribution in [0.1, 0.15) is 51.4 Å². The lowest BCUT2D eigenvalue weighted by atomic mass is 10.1. The maximum absolute atomic E-state index is 10.7. The van der Waals surface area contributed by atoms with Gasteiger partial charge in [0.15, 0.2) is 0 Å². The largest absolute Gasteiger partial charge is 0.215 e. The molecular weight excluding hydrogens is 224 g/mol. The van der Waals surface area contributed by atoms with E-state index in [2.05, 4.69) is 10.8 Å². The molecule has 0 aliphatic heterocycles. The lowest BCUT2D eigenvalue weighted by Crippen LogP contribution is -2.22. The fourth-order valence-corrected chi connectivity index (χ4v) is 1.99. The molecule has 0 amide bonds. The van der Waals surface area contributed by atoms with E-state index < -0.39 is 10.0 Å². The van der Waals surface area contributed by atoms with Crippen LogP contribution < -0.4 is 4.72 Å². The highest BCUT2D eigenvalue weighted by molar-refractivity contribution is 7.88. The van der Waals surface area contributed by atoms with Crippen LogP contribution in [0.3, 0.4) is 0 Å². The van der Waals surface area contributed by atoms with Gasteiger partial charge in [-0.15, -0.1) is 0 Å². The van der Waals surface area contributed by atoms with Crippen LogP contribution in [0.4, 0.5) is 0 Å². The first kappa shape index (κ1) is 15.4. The quantitative estimate of drug-likeness (QED) is 0.601. The van der Waals surface area contributed by atoms with Crippen molar-refractivity contribution in [2.45, 2.75) is 51.4 Å². The van der Waals surface area contributed by atoms with Gasteiger partial charge in [-0.25, -0.2) is 13.1 Å². The summed E-state index contributed by atoms with van der Waals surface area (Å²) in [5, 5.41) is 8.33. The number of unbranched alkanes of at least 4 members (excludes halogenated alkanes) is 7. The minimum Gasteiger partial charge on any atom is -0.215 e. The van der Waals surface area contributed by atoms with E-state index in [4.69, 9.17) is 5.26 Å². The van der Waals surface area contributed by atoms with E-state index in [1.54, 1.807) is 0 Å². The zero-order chi connectivity index (χ0) is 12.3. The fourth-order valence-electron chi connectivity index (χ4n) is 1.47. The van der Waals surface area contributed by atoms with Crippen LogP contribution in [-0.4, -0.2) is 21.2 Å². The summed E-state index contributed by atoms with van der Waals surface area (Å²) in [6.07, 6.45) is 9.48. The number of nitrogens with one attached hydrogen (secondary N) is 1. The number of nitriles is 1. The molecule has 0 fully saturated rings. The Morgan fingerprint density at radius 3 is 2.00 bits per heavy atom. The number of hydrogen-bond acceptors (Lipinski definition) is 3. The third-order valence-electron chi connectivity index (χ3n) is 2.33. The first-order valence-electron chi connectivity index (χ1n) is 5.88. The first-order valence-corrected chi connectivity index (χ1v) is 7.77. The molecular formula is C11H22N2O2S. The van der Waals surface area contributed by atoms with E-state index in [1.165, 1.54) is 19.1 Å². The molecule has 0 aromatic carbocycles. The minimum atomic E-state index is -3.01. The van der Waals surface area contributed by atoms with Crippen molar-refractivity contribution in [2.24, 2.45) is 0 Å². The summed E-state index contributed by atoms with van der Waals surface area (Å²) in [7, 11) is -3.01. The average molecular weight is 246 g/mol. The van der Waals surface area contributed by atoms with Gasteiger partial charge in [0.2, 0.25) is 10.0 Å². The maximum Gasteiger partial charge on any atom is 0.208 e. The molecule has 0 aliphatic carbocycles. The standard InChI is InChI=1S/C11H22N2O2S/c1-16(14,15)13-11-9-7-5-3-2-4-6-8-10-12/h13H,2-9,11H2,1H3. The Labute approximate surface area is 99.1 Å². The van der Waals surface area contributed by atoms with E-state index >= 15 is 0 Å². The second kappa shape index (κ2) is 9.61. The Bertz CT molecular complexity index is 294. The molecule has 0 bridgehead atoms. The Morgan fingerprint density at radius 1 is 1.00 bits per heavy atom. The Balaban J connectivity index is 3.08. The van der Waals surface area contributed by atoms with Gasteiger partial charge in [-0.1, -0.05) is 32.1 Å². The predicted molar refractivity (Wildman–Crippen MR) is 65.4 cm³/mol. The van der Waals surface area contributed by atoms with E-state index in [9.17, 15) is 8.42 Å². The third kappa shape index (κ3) is 13.4. The van der Waals surface area contributed by atoms with Crippen LogP contribution >= 0.6 is 0 Å². The molecule has 0 aromatic heterocycles. The van der Waals surface area contributed by atoms with Crippen LogP contribution in [0.25, 0.3) is 0 Å². The number of nitrogens with zero attached hydrogens (tertiary/aromatic N) is 1. The second-order valence-electron chi connectivity index (χ2n) is 4.05. The molecule has 0 atom stereocenters. The Morgan fingerprint density at radius 2 is 1.50 bits per heavy atom. The molecule has 94 valence electrons. The van der Waals surface area contributed by atoms with Gasteiger partial charge in [-0.3, -0.25) is 0 Å². The summed E-state index contributed by atoms with van der Waals surface area (Å²) >= 11 is 0. The van der Waals surface area contributed by atoms with Crippen LogP contribution in [0.2, 0.25) is 0 Å². The summed E-state index contributed by atoms with van der Waals surface area (Å²) < 4.78 is 23.9. The average Bonchev–Trinajstić information content (AvgIpc) is 2.19. The van der Waals surface area contributed by atoms with Crippen LogP contribution in [0, 0.1) is 11.3 Å². The summed E-state index contributed by atoms with van der Waals surface area (Å²) in [5.41, 5.74) is 0. The summed E-state index contributed by atoms with van der Waals surface area (Å²) in [6, 6.07) is 2.14. The van der Waals surface area contributed by atoms with Crippen molar-refractivity contribution < 1.29 is 8.42 Å². The summed E-state index contributed by atoms with van der Waals surface area (Å²) in [5.74, 6) is 0. The number of hydrogen-bond donors (Lipinski definition) is 1. The lowest BCUT2D eigenvalue weighted by Gasteiger charge is -2.02. The second-order valence-corrected chi connectivity index (χ2v) is 5.88. The highest BCUT2D eigenvalue weighted by Crippen LogP contribution is 2.07. The molecule has 0 spiro atoms. The molecule has 0 aromatic rings. The lowest BCUT2D eigenvalue weighted by molar-refractivity contribution is 0.565. The Kier molecular flexibility index (Phi) is 9.25. The van der Waals surface area contributed by atoms with Crippen molar-refractivity contribution in [3.8, 4) is 6.07 Å². The van der Waals surface area contributed by atoms with Crippen molar-refractivity contribution in [2.75, 3.05) is 12.8 Å². The van der Waals surface area contributed by atoms with Gasteiger partial charge in [0.1, 0.15) is 0 Å². The van der Waals surface area contributed by atoms with E-state index in [0.717, 1.165) is 32.1 Å². The van der Waals surface area contributed by atoms with Crippen molar-refractivity contribution in [1.29, 1.82) is 5.26 Å². The molecule has 0 saturated heterocycles. The number of rotatable bonds is 10. The maximum atomic E-state index is 10.7. The minimum absolute atomic E-state index is 0.549. The molecule has 0 aliphatic rings. The van der Waals surface area contributed by atoms with E-state index in [-0.39, 0.29) is 0 Å². The predicted octanol–water partition coefficient (Wildman–Crippen LogP) is 2.18. The molecule has 0 rings (SSSR count). The zero-order valence-corrected chi connectivity index (χ0v) is 10.9. The van der Waals surface area contributed by atoms with Gasteiger partial charge in [0.05, 0.1) is 12.3 Å². The van der Waals surface area contributed by atoms with Crippen molar-refractivity contribution in [1.82, 2.24) is 4.72 Å². The summed E-state index contributed by atoms with van der Waals surface area (Å²) in [6.45, 7) is 0.549. The van der Waals surface area contributed by atoms with E-state index in [0.29, 0.717) is 13.0 Å². The normalized spacial score (nSPS) is 11.2. The van der Waals surface area contributed by atoms with Gasteiger partial charge in [-0.2, -0.15) is 5.26 Å². The van der Waals surface area contributed by atoms with E-state index in [1.807, 2.05) is 0 Å². The molecule has 16 heavy (non-hydrogen) atoms. The van der Waals surface area contributed by atoms with Crippen LogP contribution in [0.15, 0.2) is 0 Å². The first-order chi connectivity index (χ1) is 7.56. The molecule has 0 heterocycles. The molecule has 4 nitrogen and oxygen atoms in total. The van der Waals surface area contributed by atoms with Gasteiger partial charge in [0.25, 0.3) is 0 Å². The van der Waals surface area contributed by atoms with Gasteiger partial charge in [0, 0.05) is 13.0 Å². The molecule has 0 saturated carbocycles. The van der Waals surface area contributed by atoms with Crippen LogP contribution in [0.5, 0.6) is 0 Å². The highest BCUT2D eigenvalue weighted by atomic mass is 32.2. The van der Waals surface area contributed by atoms with Gasteiger partial charge >= 0.3 is 0 Å². The SMILES string of the molecule is CS(=O)(=O)NCCCCCCCCCC#N. The fraction of sp³-hybridized carbons (Fsp3) is 0.909. The van der Waals surface area contributed by atoms with Crippen molar-refractivity contribution >= 4 is 10.0 Å². The monoisotopic (exact) mass is 246 g/mol. The Hall–Kier alpha value is -0.600. The van der Waals surface area contributed by atoms with Crippen molar-refractivity contribution in [3.63, 3.8) is 0 Å². The van der Waals surface area contributed by atoms with Crippen LogP contribution in [-0.2, 0) is 10.0 Å². The smallest absolute Gasteiger partial charge is 0.208 e. The molecule has 1 N–H and O–H groups in total. The third-order valence-corrected chi connectivity index (χ3v) is 3.06. The molecule has 5 heteroatoms. The van der Waals surface area contributed by atoms with Gasteiger partial charge in [-0.05, 0) is 12.8 Å². The van der Waals surface area contributed by atoms with Gasteiger partial charge < -0.3 is 0 Å².